The molecular weight excluding hydrogens is 429 g/mol. The predicted octanol–water partition coefficient (Wildman–Crippen LogP) is 5.35. The van der Waals surface area contributed by atoms with Crippen molar-refractivity contribution in [3.05, 3.63) is 96.1 Å². The van der Waals surface area contributed by atoms with Gasteiger partial charge in [0.05, 0.1) is 17.7 Å². The minimum Gasteiger partial charge on any atom is -0.385 e. The molecule has 1 saturated heterocycles. The standard InChI is InChI=1S/C26H25F3N2O2/c27-26(28,29)21-9-7-8-20(18-21)25(33)14-16-30(17-15-25)19-24(32)31(22-10-3-1-4-11-22)23-12-5-2-6-13-23/h1-13,18,33H,14-17,19H2. The number of anilines is 2. The Morgan fingerprint density at radius 1 is 0.879 bits per heavy atom. The molecule has 1 heterocycles. The number of piperidine rings is 1. The summed E-state index contributed by atoms with van der Waals surface area (Å²) in [5.41, 5.74) is -0.345. The number of para-hydroxylation sites is 2. The fraction of sp³-hybridized carbons (Fsp3) is 0.269. The molecule has 4 rings (SSSR count). The number of aliphatic hydroxyl groups is 1. The molecule has 0 saturated carbocycles. The minimum atomic E-state index is -4.46. The number of benzene rings is 3. The third-order valence-electron chi connectivity index (χ3n) is 6.05. The zero-order valence-electron chi connectivity index (χ0n) is 18.0. The Morgan fingerprint density at radius 3 is 1.94 bits per heavy atom. The second kappa shape index (κ2) is 9.37. The number of likely N-dealkylation sites (tertiary alicyclic amines) is 1. The van der Waals surface area contributed by atoms with Crippen molar-refractivity contribution in [2.75, 3.05) is 24.5 Å². The zero-order valence-corrected chi connectivity index (χ0v) is 18.0. The molecule has 0 radical (unpaired) electrons. The molecule has 3 aromatic carbocycles. The predicted molar refractivity (Wildman–Crippen MR) is 121 cm³/mol. The van der Waals surface area contributed by atoms with Crippen molar-refractivity contribution in [3.8, 4) is 0 Å². The van der Waals surface area contributed by atoms with Crippen molar-refractivity contribution in [2.24, 2.45) is 0 Å². The van der Waals surface area contributed by atoms with E-state index in [0.29, 0.717) is 13.1 Å². The third kappa shape index (κ3) is 5.26. The van der Waals surface area contributed by atoms with E-state index in [4.69, 9.17) is 0 Å². The molecule has 0 unspecified atom stereocenters. The van der Waals surface area contributed by atoms with Crippen LogP contribution in [0, 0.1) is 0 Å². The van der Waals surface area contributed by atoms with Crippen LogP contribution in [0.5, 0.6) is 0 Å². The number of alkyl halides is 3. The van der Waals surface area contributed by atoms with Gasteiger partial charge in [0.15, 0.2) is 0 Å². The lowest BCUT2D eigenvalue weighted by molar-refractivity contribution is -0.137. The first-order valence-corrected chi connectivity index (χ1v) is 10.8. The van der Waals surface area contributed by atoms with Crippen LogP contribution in [0.25, 0.3) is 0 Å². The summed E-state index contributed by atoms with van der Waals surface area (Å²) < 4.78 is 39.3. The summed E-state index contributed by atoms with van der Waals surface area (Å²) in [6.07, 6.45) is -3.96. The molecule has 0 aromatic heterocycles. The van der Waals surface area contributed by atoms with Crippen LogP contribution in [0.1, 0.15) is 24.0 Å². The normalized spacial score (nSPS) is 16.4. The summed E-state index contributed by atoms with van der Waals surface area (Å²) in [4.78, 5) is 16.9. The Hall–Kier alpha value is -3.16. The number of rotatable bonds is 5. The van der Waals surface area contributed by atoms with Gasteiger partial charge in [0.2, 0.25) is 5.91 Å². The second-order valence-corrected chi connectivity index (χ2v) is 8.29. The number of halogens is 3. The number of hydrogen-bond donors (Lipinski definition) is 1. The summed E-state index contributed by atoms with van der Waals surface area (Å²) in [7, 11) is 0. The highest BCUT2D eigenvalue weighted by molar-refractivity contribution is 6.01. The van der Waals surface area contributed by atoms with Crippen molar-refractivity contribution in [2.45, 2.75) is 24.6 Å². The minimum absolute atomic E-state index is 0.114. The number of nitrogens with zero attached hydrogens (tertiary/aromatic N) is 2. The van der Waals surface area contributed by atoms with E-state index >= 15 is 0 Å². The summed E-state index contributed by atoms with van der Waals surface area (Å²) in [6.45, 7) is 0.939. The van der Waals surface area contributed by atoms with Gasteiger partial charge in [-0.05, 0) is 54.8 Å². The first-order valence-electron chi connectivity index (χ1n) is 10.8. The fourth-order valence-corrected chi connectivity index (χ4v) is 4.21. The van der Waals surface area contributed by atoms with Gasteiger partial charge in [0, 0.05) is 24.5 Å². The van der Waals surface area contributed by atoms with Gasteiger partial charge in [-0.25, -0.2) is 0 Å². The smallest absolute Gasteiger partial charge is 0.385 e. The van der Waals surface area contributed by atoms with Crippen molar-refractivity contribution >= 4 is 17.3 Å². The largest absolute Gasteiger partial charge is 0.416 e. The quantitative estimate of drug-likeness (QED) is 0.565. The average Bonchev–Trinajstić information content (AvgIpc) is 2.82. The van der Waals surface area contributed by atoms with Crippen LogP contribution in [-0.2, 0) is 16.6 Å². The maximum absolute atomic E-state index is 13.3. The highest BCUT2D eigenvalue weighted by atomic mass is 19.4. The van der Waals surface area contributed by atoms with E-state index < -0.39 is 17.3 Å². The third-order valence-corrected chi connectivity index (χ3v) is 6.05. The van der Waals surface area contributed by atoms with Gasteiger partial charge in [0.25, 0.3) is 0 Å². The Bertz CT molecular complexity index is 1040. The Kier molecular flexibility index (Phi) is 6.54. The van der Waals surface area contributed by atoms with Crippen LogP contribution in [0.3, 0.4) is 0 Å². The molecule has 1 amide bonds. The molecule has 1 N–H and O–H groups in total. The lowest BCUT2D eigenvalue weighted by Crippen LogP contribution is -2.46. The van der Waals surface area contributed by atoms with Gasteiger partial charge in [-0.15, -0.1) is 0 Å². The van der Waals surface area contributed by atoms with Gasteiger partial charge >= 0.3 is 6.18 Å². The molecule has 3 aromatic rings. The van der Waals surface area contributed by atoms with Crippen molar-refractivity contribution in [1.29, 1.82) is 0 Å². The zero-order chi connectivity index (χ0) is 23.5. The van der Waals surface area contributed by atoms with Crippen LogP contribution in [0.2, 0.25) is 0 Å². The van der Waals surface area contributed by atoms with E-state index in [1.807, 2.05) is 65.6 Å². The van der Waals surface area contributed by atoms with Crippen LogP contribution in [-0.4, -0.2) is 35.5 Å². The van der Waals surface area contributed by atoms with E-state index in [-0.39, 0.29) is 30.9 Å². The van der Waals surface area contributed by atoms with Crippen molar-refractivity contribution in [1.82, 2.24) is 4.90 Å². The van der Waals surface area contributed by atoms with Gasteiger partial charge in [-0.3, -0.25) is 14.6 Å². The molecule has 1 fully saturated rings. The molecule has 172 valence electrons. The molecular formula is C26H25F3N2O2. The Labute approximate surface area is 190 Å². The maximum Gasteiger partial charge on any atom is 0.416 e. The first-order chi connectivity index (χ1) is 15.8. The van der Waals surface area contributed by atoms with Crippen LogP contribution < -0.4 is 4.90 Å². The van der Waals surface area contributed by atoms with Crippen molar-refractivity contribution in [3.63, 3.8) is 0 Å². The highest BCUT2D eigenvalue weighted by Gasteiger charge is 2.37. The molecule has 0 bridgehead atoms. The van der Waals surface area contributed by atoms with E-state index in [1.165, 1.54) is 12.1 Å². The fourth-order valence-electron chi connectivity index (χ4n) is 4.21. The average molecular weight is 454 g/mol. The van der Waals surface area contributed by atoms with Gasteiger partial charge in [-0.2, -0.15) is 13.2 Å². The lowest BCUT2D eigenvalue weighted by Gasteiger charge is -2.39. The Balaban J connectivity index is 1.46. The van der Waals surface area contributed by atoms with Crippen LogP contribution in [0.15, 0.2) is 84.9 Å². The summed E-state index contributed by atoms with van der Waals surface area (Å²) in [5.74, 6) is -0.114. The van der Waals surface area contributed by atoms with E-state index in [2.05, 4.69) is 0 Å². The van der Waals surface area contributed by atoms with E-state index in [9.17, 15) is 23.1 Å². The van der Waals surface area contributed by atoms with Gasteiger partial charge < -0.3 is 5.11 Å². The number of hydrogen-bond acceptors (Lipinski definition) is 3. The molecule has 4 nitrogen and oxygen atoms in total. The summed E-state index contributed by atoms with van der Waals surface area (Å²) >= 11 is 0. The summed E-state index contributed by atoms with van der Waals surface area (Å²) in [6, 6.07) is 23.6. The molecule has 1 aliphatic heterocycles. The molecule has 0 spiro atoms. The molecule has 0 atom stereocenters. The number of amides is 1. The SMILES string of the molecule is O=C(CN1CCC(O)(c2cccc(C(F)(F)F)c2)CC1)N(c1ccccc1)c1ccccc1. The van der Waals surface area contributed by atoms with Crippen LogP contribution >= 0.6 is 0 Å². The van der Waals surface area contributed by atoms with E-state index in [1.54, 1.807) is 4.90 Å². The molecule has 33 heavy (non-hydrogen) atoms. The van der Waals surface area contributed by atoms with Crippen molar-refractivity contribution < 1.29 is 23.1 Å². The molecule has 0 aliphatic carbocycles. The van der Waals surface area contributed by atoms with E-state index in [0.717, 1.165) is 23.5 Å². The van der Waals surface area contributed by atoms with Gasteiger partial charge in [-0.1, -0.05) is 48.5 Å². The lowest BCUT2D eigenvalue weighted by atomic mass is 9.83. The molecule has 1 aliphatic rings. The monoisotopic (exact) mass is 454 g/mol. The maximum atomic E-state index is 13.3. The summed E-state index contributed by atoms with van der Waals surface area (Å²) in [5, 5.41) is 11.1. The topological polar surface area (TPSA) is 43.8 Å². The number of carbonyl (C=O) groups is 1. The molecule has 7 heteroatoms. The van der Waals surface area contributed by atoms with Gasteiger partial charge in [0.1, 0.15) is 0 Å². The number of carbonyl (C=O) groups excluding carboxylic acids is 1. The second-order valence-electron chi connectivity index (χ2n) is 8.29. The highest BCUT2D eigenvalue weighted by Crippen LogP contribution is 2.37. The Morgan fingerprint density at radius 2 is 1.42 bits per heavy atom. The first kappa shape index (κ1) is 23.0. The van der Waals surface area contributed by atoms with Crippen LogP contribution in [0.4, 0.5) is 24.5 Å².